The molecule has 0 amide bonds. The number of nitrogens with two attached hydrogens (primary N) is 2. The number of benzene rings is 2. The predicted octanol–water partition coefficient (Wildman–Crippen LogP) is 6.42. The van der Waals surface area contributed by atoms with Gasteiger partial charge in [-0.15, -0.1) is 0 Å². The molecule has 2 aromatic carbocycles. The molecule has 1 atom stereocenters. The Bertz CT molecular complexity index is 1120. The first-order valence-corrected chi connectivity index (χ1v) is 13.5. The minimum atomic E-state index is -4.36. The molecule has 0 aromatic heterocycles. The Morgan fingerprint density at radius 3 is 2.27 bits per heavy atom. The molecule has 4 N–H and O–H groups in total. The Labute approximate surface area is 232 Å². The molecule has 218 valence electrons. The van der Waals surface area contributed by atoms with Crippen LogP contribution < -0.4 is 16.2 Å². The van der Waals surface area contributed by atoms with Crippen LogP contribution in [0.4, 0.5) is 24.5 Å². The van der Waals surface area contributed by atoms with Gasteiger partial charge in [-0.2, -0.15) is 13.2 Å². The van der Waals surface area contributed by atoms with Crippen molar-refractivity contribution in [1.29, 1.82) is 0 Å². The largest absolute Gasteiger partial charge is 0.462 e. The van der Waals surface area contributed by atoms with Crippen molar-refractivity contribution >= 4 is 29.4 Å². The van der Waals surface area contributed by atoms with Gasteiger partial charge in [-0.05, 0) is 79.6 Å². The average molecular weight is 563 g/mol. The molecule has 0 saturated heterocycles. The van der Waals surface area contributed by atoms with Crippen LogP contribution in [0.25, 0.3) is 6.08 Å². The van der Waals surface area contributed by atoms with Crippen LogP contribution >= 0.6 is 0 Å². The summed E-state index contributed by atoms with van der Waals surface area (Å²) >= 11 is 0. The highest BCUT2D eigenvalue weighted by atomic mass is 19.4. The van der Waals surface area contributed by atoms with Crippen molar-refractivity contribution < 1.29 is 37.0 Å². The molecule has 0 radical (unpaired) electrons. The smallest absolute Gasteiger partial charge is 0.411 e. The van der Waals surface area contributed by atoms with Crippen molar-refractivity contribution in [3.63, 3.8) is 0 Å². The standard InChI is InChI=1S/C30H37F3N2O5/c1-2-3-4-22(23-15-24(34)17-25(35)16-23)18-38-28(36)14-7-20-5-10-27(11-6-20)40-29(37)21-8-12-26(13-9-21)39-19-30(31,32)33/h5-7,10-11,14-17,21-22,26H,2-4,8-9,12-13,18-19,34-35H2,1H3. The van der Waals surface area contributed by atoms with Gasteiger partial charge in [-0.3, -0.25) is 4.79 Å². The number of alkyl halides is 3. The number of carbonyl (C=O) groups excluding carboxylic acids is 2. The quantitative estimate of drug-likeness (QED) is 0.133. The van der Waals surface area contributed by atoms with Crippen molar-refractivity contribution in [2.24, 2.45) is 5.92 Å². The number of halogens is 3. The number of hydrogen-bond donors (Lipinski definition) is 2. The average Bonchev–Trinajstić information content (AvgIpc) is 2.91. The summed E-state index contributed by atoms with van der Waals surface area (Å²) in [5.41, 5.74) is 14.7. The zero-order chi connectivity index (χ0) is 29.1. The molecular weight excluding hydrogens is 525 g/mol. The Hall–Kier alpha value is -3.53. The van der Waals surface area contributed by atoms with Gasteiger partial charge in [0, 0.05) is 23.4 Å². The predicted molar refractivity (Wildman–Crippen MR) is 147 cm³/mol. The van der Waals surface area contributed by atoms with E-state index in [1.807, 2.05) is 12.1 Å². The second kappa shape index (κ2) is 14.7. The molecule has 0 aliphatic heterocycles. The summed E-state index contributed by atoms with van der Waals surface area (Å²) in [6.45, 7) is 1.03. The third-order valence-corrected chi connectivity index (χ3v) is 6.80. The highest BCUT2D eigenvalue weighted by molar-refractivity contribution is 5.87. The fraction of sp³-hybridized carbons (Fsp3) is 0.467. The van der Waals surface area contributed by atoms with Crippen molar-refractivity contribution in [2.75, 3.05) is 24.7 Å². The Morgan fingerprint density at radius 2 is 1.68 bits per heavy atom. The lowest BCUT2D eigenvalue weighted by Gasteiger charge is -2.27. The molecule has 1 saturated carbocycles. The second-order valence-corrected chi connectivity index (χ2v) is 10.1. The number of esters is 2. The zero-order valence-electron chi connectivity index (χ0n) is 22.6. The maximum absolute atomic E-state index is 12.5. The van der Waals surface area contributed by atoms with Crippen LogP contribution in [0, 0.1) is 5.92 Å². The molecule has 2 aromatic rings. The van der Waals surface area contributed by atoms with E-state index in [9.17, 15) is 22.8 Å². The van der Waals surface area contributed by atoms with E-state index in [0.717, 1.165) is 24.8 Å². The third-order valence-electron chi connectivity index (χ3n) is 6.80. The lowest BCUT2D eigenvalue weighted by Crippen LogP contribution is -2.31. The van der Waals surface area contributed by atoms with Crippen molar-refractivity contribution in [1.82, 2.24) is 0 Å². The lowest BCUT2D eigenvalue weighted by molar-refractivity contribution is -0.189. The second-order valence-electron chi connectivity index (χ2n) is 10.1. The molecule has 1 aliphatic rings. The number of unbranched alkanes of at least 4 members (excludes halogenated alkanes) is 1. The molecule has 10 heteroatoms. The van der Waals surface area contributed by atoms with Crippen LogP contribution in [-0.4, -0.2) is 37.4 Å². The fourth-order valence-electron chi connectivity index (χ4n) is 4.65. The Balaban J connectivity index is 1.45. The van der Waals surface area contributed by atoms with Gasteiger partial charge in [0.2, 0.25) is 0 Å². The summed E-state index contributed by atoms with van der Waals surface area (Å²) in [5.74, 6) is -0.950. The highest BCUT2D eigenvalue weighted by Crippen LogP contribution is 2.30. The van der Waals surface area contributed by atoms with E-state index in [-0.39, 0.29) is 18.4 Å². The van der Waals surface area contributed by atoms with E-state index >= 15 is 0 Å². The van der Waals surface area contributed by atoms with Crippen LogP contribution in [0.3, 0.4) is 0 Å². The molecule has 0 bridgehead atoms. The third kappa shape index (κ3) is 10.6. The Morgan fingerprint density at radius 1 is 1.02 bits per heavy atom. The Kier molecular flexibility index (Phi) is 11.4. The number of anilines is 2. The molecule has 3 rings (SSSR count). The summed E-state index contributed by atoms with van der Waals surface area (Å²) in [6, 6.07) is 12.0. The van der Waals surface area contributed by atoms with Crippen LogP contribution in [0.15, 0.2) is 48.5 Å². The van der Waals surface area contributed by atoms with Gasteiger partial charge in [0.25, 0.3) is 0 Å². The number of ether oxygens (including phenoxy) is 3. The molecular formula is C30H37F3N2O5. The van der Waals surface area contributed by atoms with Gasteiger partial charge in [0.15, 0.2) is 0 Å². The summed E-state index contributed by atoms with van der Waals surface area (Å²) < 4.78 is 52.8. The number of rotatable bonds is 12. The van der Waals surface area contributed by atoms with Crippen molar-refractivity contribution in [2.45, 2.75) is 70.1 Å². The molecule has 1 unspecified atom stereocenters. The normalized spacial score (nSPS) is 18.4. The SMILES string of the molecule is CCCCC(COC(=O)C=Cc1ccc(OC(=O)C2CCC(OCC(F)(F)F)CC2)cc1)c1cc(N)cc(N)c1. The van der Waals surface area contributed by atoms with Gasteiger partial charge in [-0.25, -0.2) is 4.79 Å². The molecule has 0 spiro atoms. The summed E-state index contributed by atoms with van der Waals surface area (Å²) in [5, 5.41) is 0. The van der Waals surface area contributed by atoms with E-state index in [0.29, 0.717) is 48.4 Å². The van der Waals surface area contributed by atoms with Gasteiger partial charge in [-0.1, -0.05) is 31.9 Å². The van der Waals surface area contributed by atoms with E-state index in [2.05, 4.69) is 6.92 Å². The van der Waals surface area contributed by atoms with E-state index in [1.165, 1.54) is 6.08 Å². The van der Waals surface area contributed by atoms with Crippen molar-refractivity contribution in [3.8, 4) is 5.75 Å². The topological polar surface area (TPSA) is 114 Å². The van der Waals surface area contributed by atoms with Gasteiger partial charge in [0.05, 0.1) is 18.6 Å². The molecule has 0 heterocycles. The highest BCUT2D eigenvalue weighted by Gasteiger charge is 2.32. The minimum absolute atomic E-state index is 0.0143. The maximum atomic E-state index is 12.5. The molecule has 1 fully saturated rings. The van der Waals surface area contributed by atoms with Gasteiger partial charge >= 0.3 is 18.1 Å². The van der Waals surface area contributed by atoms with E-state index < -0.39 is 30.8 Å². The van der Waals surface area contributed by atoms with Crippen LogP contribution in [0.1, 0.15) is 68.9 Å². The zero-order valence-corrected chi connectivity index (χ0v) is 22.6. The number of hydrogen-bond acceptors (Lipinski definition) is 7. The van der Waals surface area contributed by atoms with E-state index in [1.54, 1.807) is 36.4 Å². The monoisotopic (exact) mass is 562 g/mol. The first-order valence-electron chi connectivity index (χ1n) is 13.5. The molecule has 7 nitrogen and oxygen atoms in total. The van der Waals surface area contributed by atoms with Crippen LogP contribution in [0.2, 0.25) is 0 Å². The van der Waals surface area contributed by atoms with Crippen molar-refractivity contribution in [3.05, 3.63) is 59.7 Å². The number of carbonyl (C=O) groups is 2. The summed E-state index contributed by atoms with van der Waals surface area (Å²) in [6.07, 6.45) is 2.48. The summed E-state index contributed by atoms with van der Waals surface area (Å²) in [4.78, 5) is 24.9. The minimum Gasteiger partial charge on any atom is -0.462 e. The summed E-state index contributed by atoms with van der Waals surface area (Å²) in [7, 11) is 0. The van der Waals surface area contributed by atoms with Crippen LogP contribution in [-0.2, 0) is 19.1 Å². The first-order chi connectivity index (χ1) is 19.0. The molecule has 40 heavy (non-hydrogen) atoms. The first kappa shape index (κ1) is 31.0. The van der Waals surface area contributed by atoms with Gasteiger partial charge in [0.1, 0.15) is 12.4 Å². The fourth-order valence-corrected chi connectivity index (χ4v) is 4.65. The van der Waals surface area contributed by atoms with E-state index in [4.69, 9.17) is 25.7 Å². The maximum Gasteiger partial charge on any atom is 0.411 e. The van der Waals surface area contributed by atoms with Crippen LogP contribution in [0.5, 0.6) is 5.75 Å². The molecule has 1 aliphatic carbocycles. The number of nitrogen functional groups attached to an aromatic ring is 2. The lowest BCUT2D eigenvalue weighted by atomic mass is 9.87. The van der Waals surface area contributed by atoms with Gasteiger partial charge < -0.3 is 25.7 Å².